The summed E-state index contributed by atoms with van der Waals surface area (Å²) in [6.45, 7) is 1.96. The zero-order valence-corrected chi connectivity index (χ0v) is 10.9. The SMILES string of the molecule is Cc1ccnc(NC2=CC(=O)C(=O)c3ccccc32)c1. The van der Waals surface area contributed by atoms with Gasteiger partial charge in [0.1, 0.15) is 5.82 Å². The van der Waals surface area contributed by atoms with Crippen LogP contribution < -0.4 is 5.32 Å². The average Bonchev–Trinajstić information content (AvgIpc) is 2.45. The molecule has 1 aromatic carbocycles. The van der Waals surface area contributed by atoms with Crippen molar-refractivity contribution in [1.82, 2.24) is 4.98 Å². The van der Waals surface area contributed by atoms with Crippen LogP contribution in [0, 0.1) is 6.92 Å². The fourth-order valence-electron chi connectivity index (χ4n) is 2.17. The zero-order valence-electron chi connectivity index (χ0n) is 10.9. The van der Waals surface area contributed by atoms with E-state index in [0.29, 0.717) is 17.1 Å². The Morgan fingerprint density at radius 3 is 2.55 bits per heavy atom. The predicted octanol–water partition coefficient (Wildman–Crippen LogP) is 2.61. The summed E-state index contributed by atoms with van der Waals surface area (Å²) in [4.78, 5) is 27.8. The summed E-state index contributed by atoms with van der Waals surface area (Å²) in [5, 5.41) is 3.11. The van der Waals surface area contributed by atoms with Crippen LogP contribution in [0.25, 0.3) is 5.70 Å². The minimum Gasteiger partial charge on any atom is -0.340 e. The van der Waals surface area contributed by atoms with Gasteiger partial charge in [-0.05, 0) is 24.6 Å². The first-order chi connectivity index (χ1) is 9.65. The number of allylic oxidation sites excluding steroid dienone is 1. The lowest BCUT2D eigenvalue weighted by atomic mass is 9.93. The Labute approximate surface area is 116 Å². The van der Waals surface area contributed by atoms with Crippen molar-refractivity contribution < 1.29 is 9.59 Å². The molecule has 0 bridgehead atoms. The Morgan fingerprint density at radius 1 is 1.05 bits per heavy atom. The van der Waals surface area contributed by atoms with E-state index in [1.165, 1.54) is 6.08 Å². The molecule has 1 heterocycles. The number of nitrogens with zero attached hydrogens (tertiary/aromatic N) is 1. The normalized spacial score (nSPS) is 13.8. The van der Waals surface area contributed by atoms with Crippen molar-refractivity contribution in [3.8, 4) is 0 Å². The summed E-state index contributed by atoms with van der Waals surface area (Å²) < 4.78 is 0. The summed E-state index contributed by atoms with van der Waals surface area (Å²) >= 11 is 0. The van der Waals surface area contributed by atoms with Crippen LogP contribution in [-0.4, -0.2) is 16.6 Å². The molecule has 98 valence electrons. The molecule has 4 nitrogen and oxygen atoms in total. The molecule has 0 saturated carbocycles. The Hall–Kier alpha value is -2.75. The molecule has 3 rings (SSSR count). The van der Waals surface area contributed by atoms with E-state index >= 15 is 0 Å². The van der Waals surface area contributed by atoms with Crippen LogP contribution in [0.5, 0.6) is 0 Å². The number of hydrogen-bond donors (Lipinski definition) is 1. The Bertz CT molecular complexity index is 748. The Balaban J connectivity index is 2.03. The highest BCUT2D eigenvalue weighted by atomic mass is 16.2. The molecule has 0 atom stereocenters. The van der Waals surface area contributed by atoms with E-state index in [4.69, 9.17) is 0 Å². The van der Waals surface area contributed by atoms with Crippen molar-refractivity contribution in [1.29, 1.82) is 0 Å². The zero-order chi connectivity index (χ0) is 14.1. The lowest BCUT2D eigenvalue weighted by molar-refractivity contribution is -0.111. The van der Waals surface area contributed by atoms with Crippen LogP contribution in [0.2, 0.25) is 0 Å². The average molecular weight is 264 g/mol. The summed E-state index contributed by atoms with van der Waals surface area (Å²) in [7, 11) is 0. The molecule has 4 heteroatoms. The lowest BCUT2D eigenvalue weighted by Gasteiger charge is -2.17. The molecule has 1 N–H and O–H groups in total. The molecule has 0 amide bonds. The largest absolute Gasteiger partial charge is 0.340 e. The van der Waals surface area contributed by atoms with Gasteiger partial charge in [0.25, 0.3) is 0 Å². The monoisotopic (exact) mass is 264 g/mol. The maximum Gasteiger partial charge on any atom is 0.233 e. The fourth-order valence-corrected chi connectivity index (χ4v) is 2.17. The number of hydrogen-bond acceptors (Lipinski definition) is 4. The van der Waals surface area contributed by atoms with E-state index in [9.17, 15) is 9.59 Å². The minimum absolute atomic E-state index is 0.426. The topological polar surface area (TPSA) is 59.1 Å². The van der Waals surface area contributed by atoms with Gasteiger partial charge in [0.2, 0.25) is 11.6 Å². The van der Waals surface area contributed by atoms with E-state index in [1.54, 1.807) is 18.3 Å². The third kappa shape index (κ3) is 2.12. The molecule has 0 spiro atoms. The van der Waals surface area contributed by atoms with Gasteiger partial charge in [0.15, 0.2) is 0 Å². The Kier molecular flexibility index (Phi) is 2.91. The van der Waals surface area contributed by atoms with Gasteiger partial charge in [-0.2, -0.15) is 0 Å². The molecule has 0 aliphatic heterocycles. The standard InChI is InChI=1S/C16H12N2O2/c1-10-6-7-17-15(8-10)18-13-9-14(19)16(20)12-5-3-2-4-11(12)13/h2-9H,1H3,(H,17,18). The third-order valence-electron chi connectivity index (χ3n) is 3.14. The second kappa shape index (κ2) is 4.74. The first kappa shape index (κ1) is 12.3. The van der Waals surface area contributed by atoms with Crippen molar-refractivity contribution in [2.45, 2.75) is 6.92 Å². The highest BCUT2D eigenvalue weighted by Gasteiger charge is 2.25. The van der Waals surface area contributed by atoms with Gasteiger partial charge in [0.05, 0.1) is 5.70 Å². The quantitative estimate of drug-likeness (QED) is 0.847. The molecule has 1 aliphatic rings. The number of nitrogens with one attached hydrogen (secondary N) is 1. The number of Topliss-reactive ketones (excluding diaryl/α,β-unsaturated/α-hetero) is 1. The molecular weight excluding hydrogens is 252 g/mol. The van der Waals surface area contributed by atoms with Gasteiger partial charge >= 0.3 is 0 Å². The maximum absolute atomic E-state index is 11.8. The first-order valence-corrected chi connectivity index (χ1v) is 6.24. The molecule has 2 aromatic rings. The number of pyridine rings is 1. The van der Waals surface area contributed by atoms with Gasteiger partial charge in [-0.25, -0.2) is 4.98 Å². The number of ketones is 2. The van der Waals surface area contributed by atoms with Gasteiger partial charge < -0.3 is 5.32 Å². The van der Waals surface area contributed by atoms with Gasteiger partial charge in [0, 0.05) is 23.4 Å². The number of fused-ring (bicyclic) bond motifs is 1. The maximum atomic E-state index is 11.8. The molecule has 0 unspecified atom stereocenters. The van der Waals surface area contributed by atoms with E-state index in [-0.39, 0.29) is 0 Å². The molecular formula is C16H12N2O2. The van der Waals surface area contributed by atoms with E-state index in [0.717, 1.165) is 11.1 Å². The smallest absolute Gasteiger partial charge is 0.233 e. The summed E-state index contributed by atoms with van der Waals surface area (Å²) in [5.41, 5.74) is 2.81. The summed E-state index contributed by atoms with van der Waals surface area (Å²) in [6.07, 6.45) is 3.02. The molecule has 0 saturated heterocycles. The van der Waals surface area contributed by atoms with Crippen LogP contribution in [-0.2, 0) is 4.79 Å². The number of carbonyl (C=O) groups excluding carboxylic acids is 2. The van der Waals surface area contributed by atoms with Crippen LogP contribution >= 0.6 is 0 Å². The highest BCUT2D eigenvalue weighted by molar-refractivity contribution is 6.50. The van der Waals surface area contributed by atoms with Crippen molar-refractivity contribution in [2.24, 2.45) is 0 Å². The molecule has 20 heavy (non-hydrogen) atoms. The second-order valence-electron chi connectivity index (χ2n) is 4.64. The molecule has 1 aromatic heterocycles. The van der Waals surface area contributed by atoms with Crippen molar-refractivity contribution in [3.05, 3.63) is 65.4 Å². The first-order valence-electron chi connectivity index (χ1n) is 6.24. The minimum atomic E-state index is -0.515. The predicted molar refractivity (Wildman–Crippen MR) is 76.4 cm³/mol. The fraction of sp³-hybridized carbons (Fsp3) is 0.0625. The summed E-state index contributed by atoms with van der Waals surface area (Å²) in [6, 6.07) is 10.8. The summed E-state index contributed by atoms with van der Waals surface area (Å²) in [5.74, 6) is -0.338. The van der Waals surface area contributed by atoms with Crippen molar-refractivity contribution in [2.75, 3.05) is 5.32 Å². The number of anilines is 1. The van der Waals surface area contributed by atoms with Crippen LogP contribution in [0.15, 0.2) is 48.7 Å². The molecule has 0 radical (unpaired) electrons. The van der Waals surface area contributed by atoms with E-state index < -0.39 is 11.6 Å². The van der Waals surface area contributed by atoms with Crippen LogP contribution in [0.1, 0.15) is 21.5 Å². The lowest BCUT2D eigenvalue weighted by Crippen LogP contribution is -2.21. The number of aromatic nitrogens is 1. The van der Waals surface area contributed by atoms with E-state index in [1.807, 2.05) is 31.2 Å². The van der Waals surface area contributed by atoms with E-state index in [2.05, 4.69) is 10.3 Å². The van der Waals surface area contributed by atoms with Crippen molar-refractivity contribution >= 4 is 23.1 Å². The number of rotatable bonds is 2. The number of carbonyl (C=O) groups is 2. The van der Waals surface area contributed by atoms with Crippen LogP contribution in [0.4, 0.5) is 5.82 Å². The number of aryl methyl sites for hydroxylation is 1. The van der Waals surface area contributed by atoms with Gasteiger partial charge in [-0.15, -0.1) is 0 Å². The van der Waals surface area contributed by atoms with Crippen molar-refractivity contribution in [3.63, 3.8) is 0 Å². The molecule has 0 fully saturated rings. The molecule has 1 aliphatic carbocycles. The van der Waals surface area contributed by atoms with Gasteiger partial charge in [-0.1, -0.05) is 24.3 Å². The number of benzene rings is 1. The van der Waals surface area contributed by atoms with Gasteiger partial charge in [-0.3, -0.25) is 9.59 Å². The second-order valence-corrected chi connectivity index (χ2v) is 4.64. The van der Waals surface area contributed by atoms with Crippen LogP contribution in [0.3, 0.4) is 0 Å². The third-order valence-corrected chi connectivity index (χ3v) is 3.14. The Morgan fingerprint density at radius 2 is 1.80 bits per heavy atom. The highest BCUT2D eigenvalue weighted by Crippen LogP contribution is 2.25.